The van der Waals surface area contributed by atoms with Crippen LogP contribution in [0.1, 0.15) is 42.5 Å². The number of nitrogens with one attached hydrogen (secondary N) is 1. The lowest BCUT2D eigenvalue weighted by Crippen LogP contribution is -2.15. The summed E-state index contributed by atoms with van der Waals surface area (Å²) in [7, 11) is 0. The number of nitrogens with zero attached hydrogens (tertiary/aromatic N) is 2. The molecule has 0 saturated carbocycles. The molecule has 6 nitrogen and oxygen atoms in total. The van der Waals surface area contributed by atoms with Gasteiger partial charge in [0, 0.05) is 23.5 Å². The molecule has 4 rings (SSSR count). The molecule has 6 heteroatoms. The van der Waals surface area contributed by atoms with Gasteiger partial charge in [0.25, 0.3) is 5.91 Å². The quantitative estimate of drug-likeness (QED) is 0.442. The first-order valence-corrected chi connectivity index (χ1v) is 10.4. The summed E-state index contributed by atoms with van der Waals surface area (Å²) in [5, 5.41) is 13.9. The van der Waals surface area contributed by atoms with Crippen LogP contribution in [0.5, 0.6) is 11.6 Å². The van der Waals surface area contributed by atoms with Gasteiger partial charge in [-0.2, -0.15) is 4.98 Å². The summed E-state index contributed by atoms with van der Waals surface area (Å²) < 4.78 is 5.81. The molecule has 0 aliphatic rings. The Morgan fingerprint density at radius 3 is 2.62 bits per heavy atom. The molecule has 1 heterocycles. The number of aliphatic hydroxyl groups is 1. The highest BCUT2D eigenvalue weighted by atomic mass is 16.5. The van der Waals surface area contributed by atoms with E-state index in [0.29, 0.717) is 17.2 Å². The minimum atomic E-state index is -0.258. The number of aromatic nitrogens is 2. The van der Waals surface area contributed by atoms with E-state index in [4.69, 9.17) is 4.74 Å². The highest BCUT2D eigenvalue weighted by Gasteiger charge is 2.15. The Morgan fingerprint density at radius 2 is 1.84 bits per heavy atom. The van der Waals surface area contributed by atoms with E-state index in [-0.39, 0.29) is 23.8 Å². The standard InChI is InChI=1S/C26H25N3O3/c1-26(2,3)18-7-5-8-19(15-18)28-25(31)22-9-4-6-17-14-20(10-11-21(17)22)32-24-12-13-27-23(16-30)29-24/h4-15,30H,16H2,1-3H3,(H,28,31). The zero-order valence-electron chi connectivity index (χ0n) is 18.3. The summed E-state index contributed by atoms with van der Waals surface area (Å²) >= 11 is 0. The number of amides is 1. The topological polar surface area (TPSA) is 84.3 Å². The predicted molar refractivity (Wildman–Crippen MR) is 125 cm³/mol. The molecule has 3 aromatic carbocycles. The number of carbonyl (C=O) groups is 1. The second-order valence-electron chi connectivity index (χ2n) is 8.54. The molecular formula is C26H25N3O3. The van der Waals surface area contributed by atoms with Crippen molar-refractivity contribution in [3.63, 3.8) is 0 Å². The molecule has 2 N–H and O–H groups in total. The fraction of sp³-hybridized carbons (Fsp3) is 0.192. The van der Waals surface area contributed by atoms with E-state index in [1.807, 2.05) is 48.5 Å². The van der Waals surface area contributed by atoms with Gasteiger partial charge >= 0.3 is 0 Å². The molecule has 0 fully saturated rings. The van der Waals surface area contributed by atoms with E-state index in [9.17, 15) is 9.90 Å². The van der Waals surface area contributed by atoms with E-state index in [2.05, 4.69) is 42.1 Å². The van der Waals surface area contributed by atoms with Crippen LogP contribution in [0.4, 0.5) is 5.69 Å². The van der Waals surface area contributed by atoms with Gasteiger partial charge in [-0.3, -0.25) is 4.79 Å². The Balaban J connectivity index is 1.59. The number of rotatable bonds is 5. The second kappa shape index (κ2) is 8.77. The molecule has 162 valence electrons. The second-order valence-corrected chi connectivity index (χ2v) is 8.54. The van der Waals surface area contributed by atoms with Crippen LogP contribution in [-0.4, -0.2) is 21.0 Å². The summed E-state index contributed by atoms with van der Waals surface area (Å²) in [4.78, 5) is 21.1. The van der Waals surface area contributed by atoms with Crippen molar-refractivity contribution in [2.24, 2.45) is 0 Å². The van der Waals surface area contributed by atoms with Crippen LogP contribution in [0.3, 0.4) is 0 Å². The highest BCUT2D eigenvalue weighted by Crippen LogP contribution is 2.28. The summed E-state index contributed by atoms with van der Waals surface area (Å²) in [6, 6.07) is 20.6. The zero-order valence-corrected chi connectivity index (χ0v) is 18.3. The van der Waals surface area contributed by atoms with Crippen LogP contribution in [0.2, 0.25) is 0 Å². The fourth-order valence-corrected chi connectivity index (χ4v) is 3.42. The number of carbonyl (C=O) groups excluding carboxylic acids is 1. The molecule has 0 saturated heterocycles. The minimum absolute atomic E-state index is 0.00179. The number of hydrogen-bond donors (Lipinski definition) is 2. The molecule has 0 spiro atoms. The van der Waals surface area contributed by atoms with Gasteiger partial charge in [-0.1, -0.05) is 45.0 Å². The normalized spacial score (nSPS) is 11.4. The van der Waals surface area contributed by atoms with Gasteiger partial charge in [-0.25, -0.2) is 4.98 Å². The van der Waals surface area contributed by atoms with Crippen molar-refractivity contribution in [2.75, 3.05) is 5.32 Å². The van der Waals surface area contributed by atoms with E-state index in [0.717, 1.165) is 22.0 Å². The lowest BCUT2D eigenvalue weighted by atomic mass is 9.87. The number of anilines is 1. The number of aliphatic hydroxyl groups excluding tert-OH is 1. The molecular weight excluding hydrogens is 402 g/mol. The van der Waals surface area contributed by atoms with Crippen molar-refractivity contribution >= 4 is 22.4 Å². The maximum Gasteiger partial charge on any atom is 0.256 e. The molecule has 0 bridgehead atoms. The molecule has 0 aliphatic heterocycles. The Hall–Kier alpha value is -3.77. The zero-order chi connectivity index (χ0) is 22.7. The van der Waals surface area contributed by atoms with Crippen molar-refractivity contribution in [1.82, 2.24) is 9.97 Å². The predicted octanol–water partition coefficient (Wildman–Crippen LogP) is 5.46. The molecule has 0 unspecified atom stereocenters. The van der Waals surface area contributed by atoms with Crippen molar-refractivity contribution in [2.45, 2.75) is 32.8 Å². The average molecular weight is 428 g/mol. The molecule has 1 aromatic heterocycles. The summed E-state index contributed by atoms with van der Waals surface area (Å²) in [6.07, 6.45) is 1.53. The monoisotopic (exact) mass is 427 g/mol. The van der Waals surface area contributed by atoms with E-state index >= 15 is 0 Å². The minimum Gasteiger partial charge on any atom is -0.439 e. The van der Waals surface area contributed by atoms with Crippen LogP contribution in [0, 0.1) is 0 Å². The van der Waals surface area contributed by atoms with Crippen LogP contribution < -0.4 is 10.1 Å². The van der Waals surface area contributed by atoms with Crippen molar-refractivity contribution in [3.8, 4) is 11.6 Å². The van der Waals surface area contributed by atoms with Crippen molar-refractivity contribution in [3.05, 3.63) is 89.9 Å². The largest absolute Gasteiger partial charge is 0.439 e. The number of fused-ring (bicyclic) bond motifs is 1. The van der Waals surface area contributed by atoms with Gasteiger partial charge in [-0.05, 0) is 58.1 Å². The maximum atomic E-state index is 13.1. The van der Waals surface area contributed by atoms with E-state index < -0.39 is 0 Å². The average Bonchev–Trinajstić information content (AvgIpc) is 2.78. The molecule has 4 aromatic rings. The highest BCUT2D eigenvalue weighted by molar-refractivity contribution is 6.13. The van der Waals surface area contributed by atoms with Crippen LogP contribution in [0.25, 0.3) is 10.8 Å². The van der Waals surface area contributed by atoms with Crippen LogP contribution >= 0.6 is 0 Å². The third-order valence-corrected chi connectivity index (χ3v) is 5.13. The van der Waals surface area contributed by atoms with Gasteiger partial charge in [0.15, 0.2) is 5.82 Å². The van der Waals surface area contributed by atoms with Gasteiger partial charge in [0.05, 0.1) is 0 Å². The van der Waals surface area contributed by atoms with Crippen LogP contribution in [-0.2, 0) is 12.0 Å². The first kappa shape index (κ1) is 21.5. The SMILES string of the molecule is CC(C)(C)c1cccc(NC(=O)c2cccc3cc(Oc4ccnc(CO)n4)ccc23)c1. The third kappa shape index (κ3) is 4.76. The molecule has 0 atom stereocenters. The van der Waals surface area contributed by atoms with Gasteiger partial charge in [0.2, 0.25) is 5.88 Å². The van der Waals surface area contributed by atoms with Gasteiger partial charge in [0.1, 0.15) is 12.4 Å². The molecule has 0 aliphatic carbocycles. The smallest absolute Gasteiger partial charge is 0.256 e. The summed E-state index contributed by atoms with van der Waals surface area (Å²) in [5.41, 5.74) is 2.50. The summed E-state index contributed by atoms with van der Waals surface area (Å²) in [5.74, 6) is 1.04. The Labute approximate surface area is 186 Å². The third-order valence-electron chi connectivity index (χ3n) is 5.13. The van der Waals surface area contributed by atoms with Crippen molar-refractivity contribution in [1.29, 1.82) is 0 Å². The Bertz CT molecular complexity index is 1280. The number of ether oxygens (including phenoxy) is 1. The van der Waals surface area contributed by atoms with Gasteiger partial charge < -0.3 is 15.2 Å². The van der Waals surface area contributed by atoms with Crippen LogP contribution in [0.15, 0.2) is 72.9 Å². The fourth-order valence-electron chi connectivity index (χ4n) is 3.42. The number of hydrogen-bond acceptors (Lipinski definition) is 5. The lowest BCUT2D eigenvalue weighted by Gasteiger charge is -2.20. The maximum absolute atomic E-state index is 13.1. The first-order chi connectivity index (χ1) is 15.3. The Kier molecular flexibility index (Phi) is 5.88. The van der Waals surface area contributed by atoms with E-state index in [1.165, 1.54) is 6.20 Å². The molecule has 0 radical (unpaired) electrons. The summed E-state index contributed by atoms with van der Waals surface area (Å²) in [6.45, 7) is 6.17. The first-order valence-electron chi connectivity index (χ1n) is 10.4. The number of benzene rings is 3. The molecule has 32 heavy (non-hydrogen) atoms. The molecule has 1 amide bonds. The van der Waals surface area contributed by atoms with Gasteiger partial charge in [-0.15, -0.1) is 0 Å². The van der Waals surface area contributed by atoms with Crippen molar-refractivity contribution < 1.29 is 14.6 Å². The Morgan fingerprint density at radius 1 is 1.03 bits per heavy atom. The van der Waals surface area contributed by atoms with E-state index in [1.54, 1.807) is 12.1 Å². The lowest BCUT2D eigenvalue weighted by molar-refractivity contribution is 0.102.